The molecule has 0 N–H and O–H groups in total. The van der Waals surface area contributed by atoms with Crippen LogP contribution in [-0.4, -0.2) is 76.4 Å². The quantitative estimate of drug-likeness (QED) is 0.633. The minimum atomic E-state index is -2.45. The Labute approximate surface area is 199 Å². The van der Waals surface area contributed by atoms with Crippen molar-refractivity contribution in [1.82, 2.24) is 19.4 Å². The molecule has 3 aliphatic rings. The molecule has 4 heterocycles. The fourth-order valence-electron chi connectivity index (χ4n) is 5.71. The second-order valence-corrected chi connectivity index (χ2v) is 11.3. The fraction of sp³-hybridized carbons (Fsp3) is 0.680. The number of carbonyl (C=O) groups is 1. The van der Waals surface area contributed by atoms with Gasteiger partial charge in [0.15, 0.2) is 0 Å². The first-order valence-corrected chi connectivity index (χ1v) is 12.2. The van der Waals surface area contributed by atoms with E-state index < -0.39 is 11.5 Å². The number of hydrogen-bond acceptors (Lipinski definition) is 5. The van der Waals surface area contributed by atoms with Crippen molar-refractivity contribution in [3.63, 3.8) is 0 Å². The Morgan fingerprint density at radius 2 is 1.88 bits per heavy atom. The molecule has 7 nitrogen and oxygen atoms in total. The molecule has 2 aromatic heterocycles. The minimum absolute atomic E-state index is 0.0374. The molecule has 0 radical (unpaired) electrons. The molecule has 0 unspecified atom stereocenters. The van der Waals surface area contributed by atoms with Gasteiger partial charge in [-0.25, -0.2) is 18.1 Å². The van der Waals surface area contributed by atoms with Gasteiger partial charge in [0, 0.05) is 56.5 Å². The Hall–Kier alpha value is -2.42. The first-order chi connectivity index (χ1) is 16.0. The van der Waals surface area contributed by atoms with Crippen LogP contribution in [0, 0.1) is 5.41 Å². The maximum absolute atomic E-state index is 13.1. The second kappa shape index (κ2) is 8.36. The Balaban J connectivity index is 1.10. The van der Waals surface area contributed by atoms with E-state index in [4.69, 9.17) is 9.47 Å². The van der Waals surface area contributed by atoms with Crippen LogP contribution >= 0.6 is 0 Å². The van der Waals surface area contributed by atoms with E-state index in [-0.39, 0.29) is 24.3 Å². The Morgan fingerprint density at radius 1 is 1.18 bits per heavy atom. The number of rotatable bonds is 5. The summed E-state index contributed by atoms with van der Waals surface area (Å²) in [7, 11) is 0. The third kappa shape index (κ3) is 4.85. The lowest BCUT2D eigenvalue weighted by atomic mass is 9.61. The number of carbonyl (C=O) groups excluding carboxylic acids is 1. The Bertz CT molecular complexity index is 1040. The molecular weight excluding hydrogens is 442 g/mol. The van der Waals surface area contributed by atoms with Gasteiger partial charge in [-0.1, -0.05) is 0 Å². The maximum Gasteiger partial charge on any atom is 0.410 e. The summed E-state index contributed by atoms with van der Waals surface area (Å²) in [5, 5.41) is 4.53. The van der Waals surface area contributed by atoms with Crippen molar-refractivity contribution in [2.24, 2.45) is 5.41 Å². The summed E-state index contributed by atoms with van der Waals surface area (Å²) in [5.41, 5.74) is 1.62. The summed E-state index contributed by atoms with van der Waals surface area (Å²) < 4.78 is 39.5. The standard InChI is InChI=1S/C25H34F2N4O3/c1-23(2,3)34-22(32)30-8-6-18(7-9-30)20-12-28-31-13-19(4-5-21(20)31)33-11-10-29-16-24(17-29)14-25(26,27)15-24/h4-5,12-13,18H,6-11,14-17H2,1-3H3. The zero-order valence-electron chi connectivity index (χ0n) is 20.2. The van der Waals surface area contributed by atoms with E-state index in [2.05, 4.69) is 10.00 Å². The first-order valence-electron chi connectivity index (χ1n) is 12.2. The van der Waals surface area contributed by atoms with Crippen molar-refractivity contribution in [3.05, 3.63) is 30.1 Å². The van der Waals surface area contributed by atoms with Crippen LogP contribution in [0.4, 0.5) is 13.6 Å². The van der Waals surface area contributed by atoms with Crippen molar-refractivity contribution >= 4 is 11.6 Å². The summed E-state index contributed by atoms with van der Waals surface area (Å²) in [6.45, 7) is 9.76. The molecule has 9 heteroatoms. The van der Waals surface area contributed by atoms with Gasteiger partial charge in [-0.15, -0.1) is 0 Å². The van der Waals surface area contributed by atoms with E-state index in [1.54, 1.807) is 4.90 Å². The van der Waals surface area contributed by atoms with Gasteiger partial charge in [0.25, 0.3) is 0 Å². The number of aromatic nitrogens is 2. The summed E-state index contributed by atoms with van der Waals surface area (Å²) in [4.78, 5) is 16.3. The molecule has 1 amide bonds. The van der Waals surface area contributed by atoms with Crippen LogP contribution in [0.2, 0.25) is 0 Å². The van der Waals surface area contributed by atoms with Crippen molar-refractivity contribution < 1.29 is 23.0 Å². The van der Waals surface area contributed by atoms with E-state index in [1.165, 1.54) is 5.56 Å². The third-order valence-electron chi connectivity index (χ3n) is 7.17. The first kappa shape index (κ1) is 23.3. The fourth-order valence-corrected chi connectivity index (χ4v) is 5.71. The van der Waals surface area contributed by atoms with Crippen LogP contribution in [-0.2, 0) is 4.74 Å². The molecule has 1 aliphatic carbocycles. The van der Waals surface area contributed by atoms with Crippen LogP contribution in [0.25, 0.3) is 5.52 Å². The van der Waals surface area contributed by atoms with Crippen molar-refractivity contribution in [3.8, 4) is 5.75 Å². The smallest absolute Gasteiger partial charge is 0.410 e. The predicted octanol–water partition coefficient (Wildman–Crippen LogP) is 4.56. The van der Waals surface area contributed by atoms with Gasteiger partial charge in [0.05, 0.1) is 17.9 Å². The summed E-state index contributed by atoms with van der Waals surface area (Å²) in [6, 6.07) is 3.99. The van der Waals surface area contributed by atoms with Crippen LogP contribution in [0.15, 0.2) is 24.5 Å². The topological polar surface area (TPSA) is 59.3 Å². The zero-order chi connectivity index (χ0) is 24.1. The van der Waals surface area contributed by atoms with Crippen LogP contribution in [0.5, 0.6) is 5.75 Å². The van der Waals surface area contributed by atoms with Crippen molar-refractivity contribution in [2.75, 3.05) is 39.3 Å². The summed E-state index contributed by atoms with van der Waals surface area (Å²) in [5.74, 6) is -1.36. The van der Waals surface area contributed by atoms with Crippen LogP contribution in [0.1, 0.15) is 57.9 Å². The molecular formula is C25H34F2N4O3. The highest BCUT2D eigenvalue weighted by Gasteiger charge is 2.61. The highest BCUT2D eigenvalue weighted by molar-refractivity contribution is 5.68. The van der Waals surface area contributed by atoms with Crippen molar-refractivity contribution in [1.29, 1.82) is 0 Å². The molecule has 34 heavy (non-hydrogen) atoms. The minimum Gasteiger partial charge on any atom is -0.491 e. The number of amides is 1. The molecule has 0 aromatic carbocycles. The Kier molecular flexibility index (Phi) is 5.73. The Morgan fingerprint density at radius 3 is 2.53 bits per heavy atom. The number of halogens is 2. The molecule has 3 fully saturated rings. The SMILES string of the molecule is CC(C)(C)OC(=O)N1CCC(c2cnn3cc(OCCN4CC5(C4)CC(F)(F)C5)ccc23)CC1. The third-order valence-corrected chi connectivity index (χ3v) is 7.17. The largest absolute Gasteiger partial charge is 0.491 e. The summed E-state index contributed by atoms with van der Waals surface area (Å²) in [6.07, 6.45) is 5.39. The highest BCUT2D eigenvalue weighted by Crippen LogP contribution is 2.56. The molecule has 0 atom stereocenters. The van der Waals surface area contributed by atoms with E-state index >= 15 is 0 Å². The number of ether oxygens (including phenoxy) is 2. The van der Waals surface area contributed by atoms with E-state index in [9.17, 15) is 13.6 Å². The number of piperidine rings is 1. The average molecular weight is 477 g/mol. The van der Waals surface area contributed by atoms with E-state index in [0.29, 0.717) is 25.6 Å². The molecule has 186 valence electrons. The molecule has 5 rings (SSSR count). The number of fused-ring (bicyclic) bond motifs is 1. The number of alkyl halides is 2. The van der Waals surface area contributed by atoms with Crippen molar-refractivity contribution in [2.45, 2.75) is 63.9 Å². The molecule has 2 aromatic rings. The number of pyridine rings is 1. The number of hydrogen-bond donors (Lipinski definition) is 0. The van der Waals surface area contributed by atoms with E-state index in [1.807, 2.05) is 49.8 Å². The highest BCUT2D eigenvalue weighted by atomic mass is 19.3. The lowest BCUT2D eigenvalue weighted by Crippen LogP contribution is -2.66. The van der Waals surface area contributed by atoms with Gasteiger partial charge < -0.3 is 14.4 Å². The van der Waals surface area contributed by atoms with Gasteiger partial charge in [0.1, 0.15) is 18.0 Å². The molecule has 1 saturated carbocycles. The van der Waals surface area contributed by atoms with Gasteiger partial charge in [-0.2, -0.15) is 5.10 Å². The zero-order valence-corrected chi connectivity index (χ0v) is 20.2. The maximum atomic E-state index is 13.1. The van der Waals surface area contributed by atoms with Crippen LogP contribution in [0.3, 0.4) is 0 Å². The van der Waals surface area contributed by atoms with Gasteiger partial charge >= 0.3 is 6.09 Å². The molecule has 2 aliphatic heterocycles. The van der Waals surface area contributed by atoms with Gasteiger partial charge in [-0.3, -0.25) is 4.90 Å². The van der Waals surface area contributed by atoms with E-state index in [0.717, 1.165) is 43.7 Å². The van der Waals surface area contributed by atoms with Gasteiger partial charge in [-0.05, 0) is 51.7 Å². The number of likely N-dealkylation sites (tertiary alicyclic amines) is 2. The number of nitrogens with zero attached hydrogens (tertiary/aromatic N) is 4. The lowest BCUT2D eigenvalue weighted by Gasteiger charge is -2.58. The van der Waals surface area contributed by atoms with Gasteiger partial charge in [0.2, 0.25) is 5.92 Å². The lowest BCUT2D eigenvalue weighted by molar-refractivity contribution is -0.213. The molecule has 1 spiro atoms. The normalized spacial score (nSPS) is 22.4. The second-order valence-electron chi connectivity index (χ2n) is 11.3. The summed E-state index contributed by atoms with van der Waals surface area (Å²) >= 11 is 0. The molecule has 0 bridgehead atoms. The monoisotopic (exact) mass is 476 g/mol. The van der Waals surface area contributed by atoms with Crippen LogP contribution < -0.4 is 4.74 Å². The predicted molar refractivity (Wildman–Crippen MR) is 124 cm³/mol. The average Bonchev–Trinajstić information content (AvgIpc) is 3.13. The molecule has 2 saturated heterocycles.